The largest absolute Gasteiger partial charge is 0.274 e. The van der Waals surface area contributed by atoms with Gasteiger partial charge in [-0.2, -0.15) is 0 Å². The predicted octanol–water partition coefficient (Wildman–Crippen LogP) is 1.20. The summed E-state index contributed by atoms with van der Waals surface area (Å²) in [6.07, 6.45) is 0. The maximum Gasteiger partial charge on any atom is 0.274 e. The Labute approximate surface area is 86.2 Å². The van der Waals surface area contributed by atoms with Crippen LogP contribution in [0.3, 0.4) is 0 Å². The van der Waals surface area contributed by atoms with Crippen molar-refractivity contribution >= 4 is 23.4 Å². The molecule has 0 aromatic heterocycles. The van der Waals surface area contributed by atoms with Crippen LogP contribution in [-0.2, 0) is 4.79 Å². The van der Waals surface area contributed by atoms with Crippen molar-refractivity contribution in [1.82, 2.24) is 5.01 Å². The van der Waals surface area contributed by atoms with Gasteiger partial charge in [-0.25, -0.2) is 10.9 Å². The maximum absolute atomic E-state index is 11.4. The van der Waals surface area contributed by atoms with Gasteiger partial charge in [0.1, 0.15) is 0 Å². The van der Waals surface area contributed by atoms with Crippen molar-refractivity contribution in [3.05, 3.63) is 34.9 Å². The van der Waals surface area contributed by atoms with Crippen LogP contribution < -0.4 is 5.84 Å². The van der Waals surface area contributed by atoms with Crippen LogP contribution in [0.4, 0.5) is 0 Å². The number of hydrogen-bond donors (Lipinski definition) is 1. The predicted molar refractivity (Wildman–Crippen MR) is 52.5 cm³/mol. The minimum absolute atomic E-state index is 0.326. The number of hydrogen-bond acceptors (Lipinski definition) is 3. The van der Waals surface area contributed by atoms with Crippen LogP contribution in [0.1, 0.15) is 17.3 Å². The van der Waals surface area contributed by atoms with Crippen molar-refractivity contribution in [2.45, 2.75) is 6.92 Å². The first kappa shape index (κ1) is 10.7. The highest BCUT2D eigenvalue weighted by molar-refractivity contribution is 6.30. The summed E-state index contributed by atoms with van der Waals surface area (Å²) in [6, 6.07) is 6.13. The third kappa shape index (κ3) is 2.31. The van der Waals surface area contributed by atoms with Crippen molar-refractivity contribution < 1.29 is 9.59 Å². The fraction of sp³-hybridized carbons (Fsp3) is 0.111. The van der Waals surface area contributed by atoms with Gasteiger partial charge in [0.15, 0.2) is 0 Å². The first-order valence-electron chi connectivity index (χ1n) is 3.87. The van der Waals surface area contributed by atoms with E-state index in [2.05, 4.69) is 0 Å². The highest BCUT2D eigenvalue weighted by atomic mass is 35.5. The number of nitrogens with zero attached hydrogens (tertiary/aromatic N) is 1. The van der Waals surface area contributed by atoms with Gasteiger partial charge in [-0.1, -0.05) is 11.6 Å². The van der Waals surface area contributed by atoms with Crippen LogP contribution in [0.25, 0.3) is 0 Å². The molecule has 0 heterocycles. The lowest BCUT2D eigenvalue weighted by atomic mass is 10.2. The number of imide groups is 1. The summed E-state index contributed by atoms with van der Waals surface area (Å²) >= 11 is 5.64. The van der Waals surface area contributed by atoms with Crippen molar-refractivity contribution in [2.24, 2.45) is 5.84 Å². The van der Waals surface area contributed by atoms with Gasteiger partial charge in [0.2, 0.25) is 5.91 Å². The molecule has 0 saturated carbocycles. The van der Waals surface area contributed by atoms with Crippen molar-refractivity contribution in [3.8, 4) is 0 Å². The molecule has 0 saturated heterocycles. The molecule has 2 N–H and O–H groups in total. The van der Waals surface area contributed by atoms with E-state index in [0.29, 0.717) is 15.6 Å². The molecule has 2 amide bonds. The van der Waals surface area contributed by atoms with E-state index in [1.807, 2.05) is 0 Å². The molecule has 0 aliphatic carbocycles. The van der Waals surface area contributed by atoms with Gasteiger partial charge in [0, 0.05) is 17.5 Å². The molecule has 1 rings (SSSR count). The third-order valence-electron chi connectivity index (χ3n) is 1.65. The normalized spacial score (nSPS) is 9.64. The smallest absolute Gasteiger partial charge is 0.273 e. The maximum atomic E-state index is 11.4. The zero-order valence-corrected chi connectivity index (χ0v) is 8.28. The molecule has 5 heteroatoms. The van der Waals surface area contributed by atoms with Gasteiger partial charge in [0.25, 0.3) is 5.91 Å². The standard InChI is InChI=1S/C9H9ClN2O2/c1-6(13)12(11)9(14)7-2-4-8(10)5-3-7/h2-5H,11H2,1H3. The second-order valence-corrected chi connectivity index (χ2v) is 3.14. The second-order valence-electron chi connectivity index (χ2n) is 2.70. The number of carbonyl (C=O) groups excluding carboxylic acids is 2. The molecule has 0 radical (unpaired) electrons. The molecule has 74 valence electrons. The Morgan fingerprint density at radius 3 is 2.21 bits per heavy atom. The Morgan fingerprint density at radius 2 is 1.79 bits per heavy atom. The number of benzene rings is 1. The molecule has 0 bridgehead atoms. The SMILES string of the molecule is CC(=O)N(N)C(=O)c1ccc(Cl)cc1. The molecular weight excluding hydrogens is 204 g/mol. The van der Waals surface area contributed by atoms with Crippen molar-refractivity contribution in [2.75, 3.05) is 0 Å². The number of halogens is 1. The Morgan fingerprint density at radius 1 is 1.29 bits per heavy atom. The fourth-order valence-corrected chi connectivity index (χ4v) is 1.00. The van der Waals surface area contributed by atoms with Crippen LogP contribution in [0.2, 0.25) is 5.02 Å². The summed E-state index contributed by atoms with van der Waals surface area (Å²) < 4.78 is 0. The third-order valence-corrected chi connectivity index (χ3v) is 1.90. The van der Waals surface area contributed by atoms with Gasteiger partial charge in [0.05, 0.1) is 0 Å². The minimum atomic E-state index is -0.547. The van der Waals surface area contributed by atoms with Crippen LogP contribution >= 0.6 is 11.6 Å². The van der Waals surface area contributed by atoms with Gasteiger partial charge in [-0.3, -0.25) is 9.59 Å². The summed E-state index contributed by atoms with van der Waals surface area (Å²) in [5.41, 5.74) is 0.326. The Hall–Kier alpha value is -1.39. The van der Waals surface area contributed by atoms with E-state index in [9.17, 15) is 9.59 Å². The van der Waals surface area contributed by atoms with Crippen LogP contribution in [0, 0.1) is 0 Å². The van der Waals surface area contributed by atoms with E-state index >= 15 is 0 Å². The number of nitrogens with two attached hydrogens (primary N) is 1. The molecule has 4 nitrogen and oxygen atoms in total. The first-order chi connectivity index (χ1) is 6.52. The second kappa shape index (κ2) is 4.21. The van der Waals surface area contributed by atoms with Crippen LogP contribution in [0.15, 0.2) is 24.3 Å². The topological polar surface area (TPSA) is 63.4 Å². The van der Waals surface area contributed by atoms with Crippen LogP contribution in [-0.4, -0.2) is 16.8 Å². The summed E-state index contributed by atoms with van der Waals surface area (Å²) in [4.78, 5) is 22.2. The molecule has 0 aliphatic heterocycles. The summed E-state index contributed by atoms with van der Waals surface area (Å²) in [5, 5.41) is 1.08. The van der Waals surface area contributed by atoms with E-state index in [4.69, 9.17) is 17.4 Å². The number of rotatable bonds is 1. The van der Waals surface area contributed by atoms with E-state index in [0.717, 1.165) is 0 Å². The quantitative estimate of drug-likeness (QED) is 0.432. The van der Waals surface area contributed by atoms with Crippen molar-refractivity contribution in [3.63, 3.8) is 0 Å². The van der Waals surface area contributed by atoms with Gasteiger partial charge in [-0.15, -0.1) is 0 Å². The van der Waals surface area contributed by atoms with Crippen molar-refractivity contribution in [1.29, 1.82) is 0 Å². The zero-order chi connectivity index (χ0) is 10.7. The highest BCUT2D eigenvalue weighted by Gasteiger charge is 2.15. The van der Waals surface area contributed by atoms with E-state index in [1.54, 1.807) is 12.1 Å². The lowest BCUT2D eigenvalue weighted by Crippen LogP contribution is -2.41. The average Bonchev–Trinajstić information content (AvgIpc) is 2.16. The summed E-state index contributed by atoms with van der Waals surface area (Å²) in [7, 11) is 0. The number of hydrazine groups is 1. The van der Waals surface area contributed by atoms with Gasteiger partial charge in [-0.05, 0) is 24.3 Å². The molecule has 0 aliphatic rings. The lowest BCUT2D eigenvalue weighted by molar-refractivity contribution is -0.126. The Kier molecular flexibility index (Phi) is 3.22. The van der Waals surface area contributed by atoms with E-state index < -0.39 is 11.8 Å². The highest BCUT2D eigenvalue weighted by Crippen LogP contribution is 2.10. The molecule has 0 fully saturated rings. The van der Waals surface area contributed by atoms with Crippen LogP contribution in [0.5, 0.6) is 0 Å². The average molecular weight is 213 g/mol. The summed E-state index contributed by atoms with van der Waals surface area (Å²) in [5.74, 6) is 4.17. The molecule has 0 atom stereocenters. The Bertz CT molecular complexity index is 362. The molecule has 0 unspecified atom stereocenters. The minimum Gasteiger partial charge on any atom is -0.273 e. The summed E-state index contributed by atoms with van der Waals surface area (Å²) in [6.45, 7) is 1.22. The molecule has 1 aromatic carbocycles. The fourth-order valence-electron chi connectivity index (χ4n) is 0.875. The zero-order valence-electron chi connectivity index (χ0n) is 7.53. The lowest BCUT2D eigenvalue weighted by Gasteiger charge is -2.11. The monoisotopic (exact) mass is 212 g/mol. The van der Waals surface area contributed by atoms with Gasteiger partial charge >= 0.3 is 0 Å². The number of carbonyl (C=O) groups is 2. The molecule has 1 aromatic rings. The van der Waals surface area contributed by atoms with E-state index in [-0.39, 0.29) is 0 Å². The first-order valence-corrected chi connectivity index (χ1v) is 4.25. The Balaban J connectivity index is 2.90. The van der Waals surface area contributed by atoms with E-state index in [1.165, 1.54) is 19.1 Å². The van der Waals surface area contributed by atoms with Gasteiger partial charge < -0.3 is 0 Å². The molecule has 14 heavy (non-hydrogen) atoms. The molecular formula is C9H9ClN2O2. The number of amides is 2. The molecule has 0 spiro atoms.